The molecule has 0 N–H and O–H groups in total. The Balaban J connectivity index is 1.65. The number of rotatable bonds is 3. The third-order valence-corrected chi connectivity index (χ3v) is 7.89. The number of nitrogens with zero attached hydrogens (tertiary/aromatic N) is 2. The van der Waals surface area contributed by atoms with Crippen molar-refractivity contribution in [3.05, 3.63) is 28.2 Å². The zero-order valence-electron chi connectivity index (χ0n) is 13.9. The SMILES string of the molecule is CC1CCN(C2CCN(S(=O)(=O)c3ccc(Cl)cc3Cl)CC2)CC1. The summed E-state index contributed by atoms with van der Waals surface area (Å²) < 4.78 is 27.2. The Morgan fingerprint density at radius 2 is 1.62 bits per heavy atom. The van der Waals surface area contributed by atoms with Gasteiger partial charge in [0.05, 0.1) is 5.02 Å². The first kappa shape index (κ1) is 18.5. The van der Waals surface area contributed by atoms with E-state index in [-0.39, 0.29) is 9.92 Å². The number of piperidine rings is 2. The van der Waals surface area contributed by atoms with E-state index in [2.05, 4.69) is 11.8 Å². The lowest BCUT2D eigenvalue weighted by atomic mass is 9.95. The lowest BCUT2D eigenvalue weighted by molar-refractivity contribution is 0.101. The second-order valence-electron chi connectivity index (χ2n) is 6.93. The highest BCUT2D eigenvalue weighted by Crippen LogP contribution is 2.30. The van der Waals surface area contributed by atoms with Gasteiger partial charge in [0, 0.05) is 24.2 Å². The third kappa shape index (κ3) is 3.91. The first-order valence-corrected chi connectivity index (χ1v) is 10.8. The smallest absolute Gasteiger partial charge is 0.244 e. The molecule has 2 heterocycles. The van der Waals surface area contributed by atoms with Crippen LogP contribution >= 0.6 is 23.2 Å². The molecule has 24 heavy (non-hydrogen) atoms. The highest BCUT2D eigenvalue weighted by Gasteiger charge is 2.33. The van der Waals surface area contributed by atoms with Crippen LogP contribution in [-0.4, -0.2) is 49.8 Å². The molecule has 7 heteroatoms. The van der Waals surface area contributed by atoms with E-state index >= 15 is 0 Å². The normalized spacial score (nSPS) is 22.8. The molecule has 134 valence electrons. The van der Waals surface area contributed by atoms with Crippen LogP contribution in [0.5, 0.6) is 0 Å². The fourth-order valence-corrected chi connectivity index (χ4v) is 5.88. The van der Waals surface area contributed by atoms with Gasteiger partial charge in [-0.05, 0) is 62.9 Å². The quantitative estimate of drug-likeness (QED) is 0.785. The Bertz CT molecular complexity index is 680. The Hall–Kier alpha value is -0.330. The van der Waals surface area contributed by atoms with Crippen molar-refractivity contribution in [1.29, 1.82) is 0 Å². The van der Waals surface area contributed by atoms with Gasteiger partial charge < -0.3 is 4.90 Å². The second-order valence-corrected chi connectivity index (χ2v) is 9.68. The second kappa shape index (κ2) is 7.50. The fourth-order valence-electron chi connectivity index (χ4n) is 3.66. The summed E-state index contributed by atoms with van der Waals surface area (Å²) in [6.07, 6.45) is 4.27. The minimum atomic E-state index is -3.55. The molecule has 1 aromatic carbocycles. The van der Waals surface area contributed by atoms with E-state index in [1.807, 2.05) is 0 Å². The van der Waals surface area contributed by atoms with E-state index in [4.69, 9.17) is 23.2 Å². The molecule has 0 spiro atoms. The topological polar surface area (TPSA) is 40.6 Å². The average molecular weight is 391 g/mol. The van der Waals surface area contributed by atoms with Crippen LogP contribution in [0.2, 0.25) is 10.0 Å². The molecule has 0 aliphatic carbocycles. The highest BCUT2D eigenvalue weighted by molar-refractivity contribution is 7.89. The molecule has 0 unspecified atom stereocenters. The number of sulfonamides is 1. The molecular formula is C17H24Cl2N2O2S. The van der Waals surface area contributed by atoms with Crippen LogP contribution in [0, 0.1) is 5.92 Å². The molecular weight excluding hydrogens is 367 g/mol. The molecule has 0 amide bonds. The van der Waals surface area contributed by atoms with E-state index in [1.54, 1.807) is 10.4 Å². The maximum atomic E-state index is 12.8. The van der Waals surface area contributed by atoms with Gasteiger partial charge in [-0.2, -0.15) is 4.31 Å². The average Bonchev–Trinajstić information content (AvgIpc) is 2.55. The van der Waals surface area contributed by atoms with E-state index < -0.39 is 10.0 Å². The summed E-state index contributed by atoms with van der Waals surface area (Å²) in [5, 5.41) is 0.631. The zero-order chi connectivity index (χ0) is 17.3. The van der Waals surface area contributed by atoms with E-state index in [1.165, 1.54) is 25.0 Å². The molecule has 0 bridgehead atoms. The van der Waals surface area contributed by atoms with Crippen molar-refractivity contribution in [2.24, 2.45) is 5.92 Å². The van der Waals surface area contributed by atoms with Gasteiger partial charge in [0.2, 0.25) is 10.0 Å². The molecule has 2 saturated heterocycles. The molecule has 1 aromatic rings. The molecule has 0 saturated carbocycles. The van der Waals surface area contributed by atoms with Crippen LogP contribution < -0.4 is 0 Å². The molecule has 2 aliphatic heterocycles. The van der Waals surface area contributed by atoms with Crippen molar-refractivity contribution >= 4 is 33.2 Å². The summed E-state index contributed by atoms with van der Waals surface area (Å²) in [4.78, 5) is 2.69. The predicted molar refractivity (Wildman–Crippen MR) is 98.2 cm³/mol. The Morgan fingerprint density at radius 1 is 1.00 bits per heavy atom. The first-order valence-electron chi connectivity index (χ1n) is 8.57. The number of likely N-dealkylation sites (tertiary alicyclic amines) is 1. The van der Waals surface area contributed by atoms with Crippen LogP contribution in [0.4, 0.5) is 0 Å². The molecule has 0 aromatic heterocycles. The zero-order valence-corrected chi connectivity index (χ0v) is 16.2. The van der Waals surface area contributed by atoms with Crippen LogP contribution in [0.15, 0.2) is 23.1 Å². The predicted octanol–water partition coefficient (Wildman–Crippen LogP) is 3.88. The maximum absolute atomic E-state index is 12.8. The van der Waals surface area contributed by atoms with Crippen molar-refractivity contribution in [2.45, 2.75) is 43.5 Å². The fraction of sp³-hybridized carbons (Fsp3) is 0.647. The molecule has 0 atom stereocenters. The maximum Gasteiger partial charge on any atom is 0.244 e. The summed E-state index contributed by atoms with van der Waals surface area (Å²) in [6.45, 7) is 5.70. The lowest BCUT2D eigenvalue weighted by Crippen LogP contribution is -2.48. The van der Waals surface area contributed by atoms with Gasteiger partial charge in [-0.3, -0.25) is 0 Å². The van der Waals surface area contributed by atoms with Gasteiger partial charge in [-0.25, -0.2) is 8.42 Å². The largest absolute Gasteiger partial charge is 0.300 e. The Kier molecular flexibility index (Phi) is 5.77. The van der Waals surface area contributed by atoms with Crippen LogP contribution in [0.25, 0.3) is 0 Å². The molecule has 3 rings (SSSR count). The van der Waals surface area contributed by atoms with Crippen molar-refractivity contribution < 1.29 is 8.42 Å². The van der Waals surface area contributed by atoms with E-state index in [0.29, 0.717) is 24.2 Å². The molecule has 2 fully saturated rings. The first-order chi connectivity index (χ1) is 11.4. The van der Waals surface area contributed by atoms with Crippen LogP contribution in [0.3, 0.4) is 0 Å². The number of benzene rings is 1. The van der Waals surface area contributed by atoms with Crippen molar-refractivity contribution in [1.82, 2.24) is 9.21 Å². The minimum Gasteiger partial charge on any atom is -0.300 e. The standard InChI is InChI=1S/C17H24Cl2N2O2S/c1-13-4-8-20(9-5-13)15-6-10-21(11-7-15)24(22,23)17-3-2-14(18)12-16(17)19/h2-3,12-13,15H,4-11H2,1H3. The number of hydrogen-bond acceptors (Lipinski definition) is 3. The van der Waals surface area contributed by atoms with Gasteiger partial charge in [-0.1, -0.05) is 30.1 Å². The summed E-state index contributed by atoms with van der Waals surface area (Å²) in [7, 11) is -3.55. The number of hydrogen-bond donors (Lipinski definition) is 0. The van der Waals surface area contributed by atoms with Crippen LogP contribution in [-0.2, 0) is 10.0 Å². The Morgan fingerprint density at radius 3 is 2.21 bits per heavy atom. The van der Waals surface area contributed by atoms with E-state index in [9.17, 15) is 8.42 Å². The summed E-state index contributed by atoms with van der Waals surface area (Å²) in [6, 6.07) is 5.06. The van der Waals surface area contributed by atoms with Gasteiger partial charge in [-0.15, -0.1) is 0 Å². The van der Waals surface area contributed by atoms with Gasteiger partial charge in [0.15, 0.2) is 0 Å². The third-order valence-electron chi connectivity index (χ3n) is 5.27. The Labute approximate surface area is 154 Å². The molecule has 2 aliphatic rings. The molecule has 4 nitrogen and oxygen atoms in total. The molecule has 0 radical (unpaired) electrons. The van der Waals surface area contributed by atoms with Crippen molar-refractivity contribution in [3.8, 4) is 0 Å². The summed E-state index contributed by atoms with van der Waals surface area (Å²) in [5.41, 5.74) is 0. The van der Waals surface area contributed by atoms with Crippen molar-refractivity contribution in [2.75, 3.05) is 26.2 Å². The minimum absolute atomic E-state index is 0.152. The van der Waals surface area contributed by atoms with Gasteiger partial charge in [0.25, 0.3) is 0 Å². The number of halogens is 2. The van der Waals surface area contributed by atoms with Gasteiger partial charge in [0.1, 0.15) is 4.90 Å². The summed E-state index contributed by atoms with van der Waals surface area (Å²) in [5.74, 6) is 0.814. The highest BCUT2D eigenvalue weighted by atomic mass is 35.5. The van der Waals surface area contributed by atoms with Crippen molar-refractivity contribution in [3.63, 3.8) is 0 Å². The summed E-state index contributed by atoms with van der Waals surface area (Å²) >= 11 is 12.0. The van der Waals surface area contributed by atoms with Gasteiger partial charge >= 0.3 is 0 Å². The monoisotopic (exact) mass is 390 g/mol. The lowest BCUT2D eigenvalue weighted by Gasteiger charge is -2.41. The van der Waals surface area contributed by atoms with Crippen LogP contribution in [0.1, 0.15) is 32.6 Å². The van der Waals surface area contributed by atoms with E-state index in [0.717, 1.165) is 31.8 Å².